The van der Waals surface area contributed by atoms with Gasteiger partial charge in [-0.15, -0.1) is 0 Å². The van der Waals surface area contributed by atoms with Gasteiger partial charge in [0.25, 0.3) is 5.91 Å². The molecule has 5 rings (SSSR count). The number of rotatable bonds is 7. The molecule has 0 radical (unpaired) electrons. The van der Waals surface area contributed by atoms with Crippen LogP contribution in [0.4, 0.5) is 5.69 Å². The van der Waals surface area contributed by atoms with Gasteiger partial charge in [0.05, 0.1) is 18.2 Å². The summed E-state index contributed by atoms with van der Waals surface area (Å²) in [6, 6.07) is 20.3. The average Bonchev–Trinajstić information content (AvgIpc) is 3.41. The van der Waals surface area contributed by atoms with Crippen molar-refractivity contribution in [2.45, 2.75) is 26.8 Å². The summed E-state index contributed by atoms with van der Waals surface area (Å²) in [5.74, 6) is -0.771. The van der Waals surface area contributed by atoms with Crippen LogP contribution < -0.4 is 9.64 Å². The van der Waals surface area contributed by atoms with E-state index < -0.39 is 23.5 Å². The second-order valence-corrected chi connectivity index (χ2v) is 10.0. The topological polar surface area (TPSA) is 80.0 Å². The number of ketones is 1. The van der Waals surface area contributed by atoms with E-state index in [2.05, 4.69) is 13.8 Å². The fraction of sp³-hybridized carbons (Fsp3) is 0.200. The SMILES string of the molecule is Cc1cccc(C2C(C(=O)c3cc4cc(Cl)ccc4o3)=C(O)C(=O)N2c2ccc(OCC(C)C)cc2)c1. The number of benzene rings is 3. The number of amides is 1. The highest BCUT2D eigenvalue weighted by Crippen LogP contribution is 2.43. The molecule has 0 spiro atoms. The lowest BCUT2D eigenvalue weighted by atomic mass is 9.94. The van der Waals surface area contributed by atoms with E-state index in [1.54, 1.807) is 48.5 Å². The molecular formula is C30H26ClNO5. The third-order valence-electron chi connectivity index (χ3n) is 6.21. The van der Waals surface area contributed by atoms with Gasteiger partial charge in [-0.25, -0.2) is 0 Å². The van der Waals surface area contributed by atoms with Crippen LogP contribution in [0.2, 0.25) is 5.02 Å². The highest BCUT2D eigenvalue weighted by atomic mass is 35.5. The number of hydrogen-bond donors (Lipinski definition) is 1. The standard InChI is InChI=1S/C30H26ClNO5/c1-17(2)16-36-23-10-8-22(9-11-23)32-27(19-6-4-5-18(3)13-19)26(29(34)30(32)35)28(33)25-15-20-14-21(31)7-12-24(20)37-25/h4-15,17,27,34H,16H2,1-3H3. The summed E-state index contributed by atoms with van der Waals surface area (Å²) in [5, 5.41) is 12.2. The summed E-state index contributed by atoms with van der Waals surface area (Å²) < 4.78 is 11.6. The smallest absolute Gasteiger partial charge is 0.294 e. The van der Waals surface area contributed by atoms with Gasteiger partial charge in [-0.05, 0) is 66.9 Å². The number of aryl methyl sites for hydroxylation is 1. The highest BCUT2D eigenvalue weighted by molar-refractivity contribution is 6.31. The molecule has 6 nitrogen and oxygen atoms in total. The molecule has 0 aliphatic carbocycles. The number of fused-ring (bicyclic) bond motifs is 1. The number of aliphatic hydroxyl groups excluding tert-OH is 1. The van der Waals surface area contributed by atoms with Crippen LogP contribution >= 0.6 is 11.6 Å². The maximum Gasteiger partial charge on any atom is 0.294 e. The Bertz CT molecular complexity index is 1530. The highest BCUT2D eigenvalue weighted by Gasteiger charge is 2.45. The lowest BCUT2D eigenvalue weighted by Gasteiger charge is -2.27. The fourth-order valence-electron chi connectivity index (χ4n) is 4.48. The van der Waals surface area contributed by atoms with E-state index >= 15 is 0 Å². The van der Waals surface area contributed by atoms with Crippen LogP contribution in [0.15, 0.2) is 88.5 Å². The number of carbonyl (C=O) groups excluding carboxylic acids is 2. The van der Waals surface area contributed by atoms with Crippen molar-refractivity contribution in [1.29, 1.82) is 0 Å². The zero-order chi connectivity index (χ0) is 26.3. The molecule has 1 atom stereocenters. The minimum atomic E-state index is -0.848. The molecule has 1 amide bonds. The van der Waals surface area contributed by atoms with Gasteiger partial charge >= 0.3 is 0 Å². The Balaban J connectivity index is 1.57. The second kappa shape index (κ2) is 9.79. The summed E-state index contributed by atoms with van der Waals surface area (Å²) in [7, 11) is 0. The molecule has 0 saturated carbocycles. The Morgan fingerprint density at radius 1 is 1.08 bits per heavy atom. The Morgan fingerprint density at radius 2 is 1.84 bits per heavy atom. The molecule has 0 saturated heterocycles. The van der Waals surface area contributed by atoms with Crippen molar-refractivity contribution in [3.63, 3.8) is 0 Å². The minimum Gasteiger partial charge on any atom is -0.503 e. The molecule has 0 bridgehead atoms. The van der Waals surface area contributed by atoms with Gasteiger partial charge in [-0.3, -0.25) is 14.5 Å². The second-order valence-electron chi connectivity index (χ2n) is 9.57. The Labute approximate surface area is 219 Å². The quantitative estimate of drug-likeness (QED) is 0.263. The maximum absolute atomic E-state index is 13.8. The van der Waals surface area contributed by atoms with Gasteiger partial charge in [-0.2, -0.15) is 0 Å². The van der Waals surface area contributed by atoms with Gasteiger partial charge in [0, 0.05) is 16.1 Å². The first-order valence-corrected chi connectivity index (χ1v) is 12.4. The molecule has 37 heavy (non-hydrogen) atoms. The predicted molar refractivity (Wildman–Crippen MR) is 143 cm³/mol. The molecule has 1 aromatic heterocycles. The minimum absolute atomic E-state index is 0.0172. The monoisotopic (exact) mass is 515 g/mol. The van der Waals surface area contributed by atoms with Crippen molar-refractivity contribution in [1.82, 2.24) is 0 Å². The molecule has 188 valence electrons. The predicted octanol–water partition coefficient (Wildman–Crippen LogP) is 7.21. The first-order valence-electron chi connectivity index (χ1n) is 12.0. The number of aliphatic hydroxyl groups is 1. The van der Waals surface area contributed by atoms with Crippen LogP contribution in [-0.4, -0.2) is 23.4 Å². The third kappa shape index (κ3) is 4.72. The number of hydrogen-bond acceptors (Lipinski definition) is 5. The van der Waals surface area contributed by atoms with Gasteiger partial charge in [0.15, 0.2) is 11.5 Å². The molecule has 1 N–H and O–H groups in total. The van der Waals surface area contributed by atoms with E-state index in [1.807, 2.05) is 31.2 Å². The molecule has 3 aromatic carbocycles. The summed E-state index contributed by atoms with van der Waals surface area (Å²) in [6.07, 6.45) is 0. The van der Waals surface area contributed by atoms with Crippen molar-refractivity contribution >= 4 is 39.9 Å². The number of anilines is 1. The van der Waals surface area contributed by atoms with Crippen LogP contribution in [0.1, 0.15) is 41.6 Å². The van der Waals surface area contributed by atoms with Gasteiger partial charge in [0.2, 0.25) is 5.78 Å². The van der Waals surface area contributed by atoms with E-state index in [1.165, 1.54) is 4.90 Å². The van der Waals surface area contributed by atoms with Gasteiger partial charge in [0.1, 0.15) is 11.3 Å². The van der Waals surface area contributed by atoms with Crippen LogP contribution in [0.5, 0.6) is 5.75 Å². The number of ether oxygens (including phenoxy) is 1. The van der Waals surface area contributed by atoms with Crippen molar-refractivity contribution in [2.75, 3.05) is 11.5 Å². The molecule has 1 aliphatic heterocycles. The zero-order valence-corrected chi connectivity index (χ0v) is 21.5. The van der Waals surface area contributed by atoms with Crippen LogP contribution in [0.3, 0.4) is 0 Å². The lowest BCUT2D eigenvalue weighted by Crippen LogP contribution is -2.31. The summed E-state index contributed by atoms with van der Waals surface area (Å²) in [6.45, 7) is 6.62. The Kier molecular flexibility index (Phi) is 6.52. The van der Waals surface area contributed by atoms with Crippen LogP contribution in [0, 0.1) is 12.8 Å². The molecule has 1 unspecified atom stereocenters. The summed E-state index contributed by atoms with van der Waals surface area (Å²) in [4.78, 5) is 28.6. The lowest BCUT2D eigenvalue weighted by molar-refractivity contribution is -0.117. The number of nitrogens with zero attached hydrogens (tertiary/aromatic N) is 1. The van der Waals surface area contributed by atoms with E-state index in [0.717, 1.165) is 5.56 Å². The van der Waals surface area contributed by atoms with E-state index in [0.29, 0.717) is 45.5 Å². The Morgan fingerprint density at radius 3 is 2.54 bits per heavy atom. The number of Topliss-reactive ketones (excluding diaryl/α,β-unsaturated/α-hetero) is 1. The van der Waals surface area contributed by atoms with E-state index in [9.17, 15) is 14.7 Å². The number of halogens is 1. The summed E-state index contributed by atoms with van der Waals surface area (Å²) >= 11 is 6.09. The Hall–Kier alpha value is -4.03. The third-order valence-corrected chi connectivity index (χ3v) is 6.45. The first-order chi connectivity index (χ1) is 17.7. The zero-order valence-electron chi connectivity index (χ0n) is 20.7. The van der Waals surface area contributed by atoms with Crippen LogP contribution in [0.25, 0.3) is 11.0 Å². The van der Waals surface area contributed by atoms with E-state index in [4.69, 9.17) is 20.8 Å². The normalized spacial score (nSPS) is 15.8. The van der Waals surface area contributed by atoms with Gasteiger partial charge in [-0.1, -0.05) is 55.3 Å². The van der Waals surface area contributed by atoms with Crippen molar-refractivity contribution in [3.05, 3.63) is 106 Å². The maximum atomic E-state index is 13.8. The molecular weight excluding hydrogens is 490 g/mol. The molecule has 0 fully saturated rings. The van der Waals surface area contributed by atoms with Crippen molar-refractivity contribution < 1.29 is 23.8 Å². The molecule has 1 aliphatic rings. The summed E-state index contributed by atoms with van der Waals surface area (Å²) in [5.41, 5.74) is 2.62. The van der Waals surface area contributed by atoms with E-state index in [-0.39, 0.29) is 11.3 Å². The molecule has 7 heteroatoms. The number of furan rings is 1. The molecule has 4 aromatic rings. The number of carbonyl (C=O) groups is 2. The van der Waals surface area contributed by atoms with Crippen molar-refractivity contribution in [2.24, 2.45) is 5.92 Å². The largest absolute Gasteiger partial charge is 0.503 e. The van der Waals surface area contributed by atoms with Crippen molar-refractivity contribution in [3.8, 4) is 5.75 Å². The first kappa shape index (κ1) is 24.7. The average molecular weight is 516 g/mol. The van der Waals surface area contributed by atoms with Gasteiger partial charge < -0.3 is 14.3 Å². The van der Waals surface area contributed by atoms with Crippen LogP contribution in [-0.2, 0) is 4.79 Å². The fourth-order valence-corrected chi connectivity index (χ4v) is 4.66. The molecule has 2 heterocycles.